The van der Waals surface area contributed by atoms with Gasteiger partial charge in [0.1, 0.15) is 0 Å². The van der Waals surface area contributed by atoms with E-state index < -0.39 is 0 Å². The third-order valence-corrected chi connectivity index (χ3v) is 5.99. The number of carbonyl (C=O) groups is 2. The molecule has 0 radical (unpaired) electrons. The summed E-state index contributed by atoms with van der Waals surface area (Å²) >= 11 is 1.62. The van der Waals surface area contributed by atoms with Crippen molar-refractivity contribution < 1.29 is 9.59 Å². The van der Waals surface area contributed by atoms with Gasteiger partial charge in [0.25, 0.3) is 0 Å². The Bertz CT molecular complexity index is 762. The maximum atomic E-state index is 12.7. The van der Waals surface area contributed by atoms with E-state index >= 15 is 0 Å². The fourth-order valence-corrected chi connectivity index (χ4v) is 4.19. The summed E-state index contributed by atoms with van der Waals surface area (Å²) < 4.78 is 0. The lowest BCUT2D eigenvalue weighted by molar-refractivity contribution is -0.133. The van der Waals surface area contributed by atoms with Gasteiger partial charge in [-0.2, -0.15) is 0 Å². The van der Waals surface area contributed by atoms with Crippen molar-refractivity contribution in [3.8, 4) is 0 Å². The number of benzene rings is 1. The SMILES string of the molecule is CCc1cccc(C)c1NC(=O)C1CCN(C(=O)Cc2cccs2)CC1. The number of anilines is 1. The molecule has 1 aliphatic rings. The average molecular weight is 371 g/mol. The second-order valence-corrected chi connectivity index (χ2v) is 7.90. The molecule has 26 heavy (non-hydrogen) atoms. The standard InChI is InChI=1S/C21H26N2O2S/c1-3-16-7-4-6-15(2)20(16)22-21(25)17-9-11-23(12-10-17)19(24)14-18-8-5-13-26-18/h4-8,13,17H,3,9-12,14H2,1-2H3,(H,22,25). The first-order chi connectivity index (χ1) is 12.6. The van der Waals surface area contributed by atoms with E-state index in [9.17, 15) is 9.59 Å². The van der Waals surface area contributed by atoms with E-state index in [4.69, 9.17) is 0 Å². The predicted molar refractivity (Wildman–Crippen MR) is 107 cm³/mol. The first-order valence-electron chi connectivity index (χ1n) is 9.28. The topological polar surface area (TPSA) is 49.4 Å². The van der Waals surface area contributed by atoms with Gasteiger partial charge < -0.3 is 10.2 Å². The molecular weight excluding hydrogens is 344 g/mol. The molecule has 1 aliphatic heterocycles. The van der Waals surface area contributed by atoms with Crippen LogP contribution in [0.4, 0.5) is 5.69 Å². The molecule has 0 aliphatic carbocycles. The fraction of sp³-hybridized carbons (Fsp3) is 0.429. The number of likely N-dealkylation sites (tertiary alicyclic amines) is 1. The number of carbonyl (C=O) groups excluding carboxylic acids is 2. The Morgan fingerprint density at radius 1 is 1.19 bits per heavy atom. The van der Waals surface area contributed by atoms with E-state index in [1.165, 1.54) is 5.56 Å². The Morgan fingerprint density at radius 2 is 1.96 bits per heavy atom. The molecule has 5 heteroatoms. The molecule has 0 bridgehead atoms. The first kappa shape index (κ1) is 18.6. The van der Waals surface area contributed by atoms with Gasteiger partial charge in [0, 0.05) is 29.6 Å². The maximum Gasteiger partial charge on any atom is 0.227 e. The van der Waals surface area contributed by atoms with Crippen LogP contribution in [-0.4, -0.2) is 29.8 Å². The number of para-hydroxylation sites is 1. The molecule has 0 atom stereocenters. The molecular formula is C21H26N2O2S. The van der Waals surface area contributed by atoms with Crippen molar-refractivity contribution in [1.82, 2.24) is 4.90 Å². The minimum absolute atomic E-state index is 0.0231. The fourth-order valence-electron chi connectivity index (χ4n) is 3.49. The van der Waals surface area contributed by atoms with Crippen LogP contribution < -0.4 is 5.32 Å². The predicted octanol–water partition coefficient (Wildman–Crippen LogP) is 4.04. The minimum atomic E-state index is -0.0231. The molecule has 1 fully saturated rings. The molecule has 138 valence electrons. The third-order valence-electron chi connectivity index (χ3n) is 5.11. The summed E-state index contributed by atoms with van der Waals surface area (Å²) in [6, 6.07) is 10.1. The monoisotopic (exact) mass is 370 g/mol. The second-order valence-electron chi connectivity index (χ2n) is 6.86. The van der Waals surface area contributed by atoms with Crippen molar-refractivity contribution in [3.05, 3.63) is 51.7 Å². The van der Waals surface area contributed by atoms with Gasteiger partial charge in [0.15, 0.2) is 0 Å². The smallest absolute Gasteiger partial charge is 0.227 e. The maximum absolute atomic E-state index is 12.7. The summed E-state index contributed by atoms with van der Waals surface area (Å²) in [5.41, 5.74) is 3.22. The molecule has 1 saturated heterocycles. The summed E-state index contributed by atoms with van der Waals surface area (Å²) in [6.45, 7) is 5.45. The molecule has 3 rings (SSSR count). The van der Waals surface area contributed by atoms with Gasteiger partial charge in [0.2, 0.25) is 11.8 Å². The van der Waals surface area contributed by atoms with Crippen LogP contribution in [0.25, 0.3) is 0 Å². The Hall–Kier alpha value is -2.14. The molecule has 2 heterocycles. The average Bonchev–Trinajstić information content (AvgIpc) is 3.16. The molecule has 1 N–H and O–H groups in total. The molecule has 1 aromatic carbocycles. The lowest BCUT2D eigenvalue weighted by Crippen LogP contribution is -2.42. The van der Waals surface area contributed by atoms with Crippen LogP contribution in [0.1, 0.15) is 35.8 Å². The van der Waals surface area contributed by atoms with Crippen LogP contribution >= 0.6 is 11.3 Å². The largest absolute Gasteiger partial charge is 0.342 e. The van der Waals surface area contributed by atoms with Gasteiger partial charge in [-0.15, -0.1) is 11.3 Å². The normalized spacial score (nSPS) is 15.1. The summed E-state index contributed by atoms with van der Waals surface area (Å²) in [5, 5.41) is 5.13. The summed E-state index contributed by atoms with van der Waals surface area (Å²) in [5.74, 6) is 0.225. The summed E-state index contributed by atoms with van der Waals surface area (Å²) in [7, 11) is 0. The number of hydrogen-bond donors (Lipinski definition) is 1. The van der Waals surface area contributed by atoms with Crippen molar-refractivity contribution in [2.24, 2.45) is 5.92 Å². The van der Waals surface area contributed by atoms with Gasteiger partial charge in [-0.25, -0.2) is 0 Å². The summed E-state index contributed by atoms with van der Waals surface area (Å²) in [4.78, 5) is 28.1. The van der Waals surface area contributed by atoms with Crippen LogP contribution in [-0.2, 0) is 22.4 Å². The highest BCUT2D eigenvalue weighted by atomic mass is 32.1. The van der Waals surface area contributed by atoms with Crippen molar-refractivity contribution in [2.45, 2.75) is 39.5 Å². The van der Waals surface area contributed by atoms with E-state index in [0.717, 1.165) is 35.4 Å². The summed E-state index contributed by atoms with van der Waals surface area (Å²) in [6.07, 6.45) is 2.83. The third kappa shape index (κ3) is 4.33. The van der Waals surface area contributed by atoms with E-state index in [0.29, 0.717) is 19.5 Å². The quantitative estimate of drug-likeness (QED) is 0.863. The highest BCUT2D eigenvalue weighted by molar-refractivity contribution is 7.10. The first-order valence-corrected chi connectivity index (χ1v) is 10.2. The van der Waals surface area contributed by atoms with Gasteiger partial charge >= 0.3 is 0 Å². The van der Waals surface area contributed by atoms with E-state index in [-0.39, 0.29) is 17.7 Å². The zero-order chi connectivity index (χ0) is 18.5. The zero-order valence-electron chi connectivity index (χ0n) is 15.5. The molecule has 0 saturated carbocycles. The van der Waals surface area contributed by atoms with Gasteiger partial charge in [-0.3, -0.25) is 9.59 Å². The Morgan fingerprint density at radius 3 is 2.62 bits per heavy atom. The lowest BCUT2D eigenvalue weighted by atomic mass is 9.95. The van der Waals surface area contributed by atoms with Gasteiger partial charge in [0.05, 0.1) is 6.42 Å². The number of rotatable bonds is 5. The van der Waals surface area contributed by atoms with Crippen molar-refractivity contribution in [2.75, 3.05) is 18.4 Å². The lowest BCUT2D eigenvalue weighted by Gasteiger charge is -2.31. The molecule has 0 unspecified atom stereocenters. The zero-order valence-corrected chi connectivity index (χ0v) is 16.3. The van der Waals surface area contributed by atoms with Crippen LogP contribution in [0.3, 0.4) is 0 Å². The number of thiophene rings is 1. The molecule has 0 spiro atoms. The number of amides is 2. The van der Waals surface area contributed by atoms with Crippen molar-refractivity contribution >= 4 is 28.8 Å². The Balaban J connectivity index is 1.55. The highest BCUT2D eigenvalue weighted by Crippen LogP contribution is 2.25. The molecule has 2 aromatic rings. The van der Waals surface area contributed by atoms with Crippen LogP contribution in [0.5, 0.6) is 0 Å². The van der Waals surface area contributed by atoms with Gasteiger partial charge in [-0.05, 0) is 48.8 Å². The van der Waals surface area contributed by atoms with E-state index in [2.05, 4.69) is 18.3 Å². The van der Waals surface area contributed by atoms with Crippen LogP contribution in [0, 0.1) is 12.8 Å². The van der Waals surface area contributed by atoms with E-state index in [1.807, 2.05) is 41.5 Å². The molecule has 1 aromatic heterocycles. The van der Waals surface area contributed by atoms with Crippen LogP contribution in [0.2, 0.25) is 0 Å². The Labute approximate surface area is 159 Å². The number of nitrogens with one attached hydrogen (secondary N) is 1. The van der Waals surface area contributed by atoms with Crippen molar-refractivity contribution in [3.63, 3.8) is 0 Å². The van der Waals surface area contributed by atoms with Crippen molar-refractivity contribution in [1.29, 1.82) is 0 Å². The second kappa shape index (κ2) is 8.49. The minimum Gasteiger partial charge on any atom is -0.342 e. The molecule has 2 amide bonds. The van der Waals surface area contributed by atoms with Gasteiger partial charge in [-0.1, -0.05) is 31.2 Å². The number of piperidine rings is 1. The Kier molecular flexibility index (Phi) is 6.09. The number of hydrogen-bond acceptors (Lipinski definition) is 3. The number of nitrogens with zero attached hydrogens (tertiary/aromatic N) is 1. The van der Waals surface area contributed by atoms with E-state index in [1.54, 1.807) is 11.3 Å². The van der Waals surface area contributed by atoms with Crippen LogP contribution in [0.15, 0.2) is 35.7 Å². The highest BCUT2D eigenvalue weighted by Gasteiger charge is 2.28. The number of aryl methyl sites for hydroxylation is 2. The molecule has 4 nitrogen and oxygen atoms in total.